The van der Waals surface area contributed by atoms with Gasteiger partial charge >= 0.3 is 0 Å². The van der Waals surface area contributed by atoms with E-state index < -0.39 is 0 Å². The lowest BCUT2D eigenvalue weighted by Gasteiger charge is -2.18. The quantitative estimate of drug-likeness (QED) is 0.615. The van der Waals surface area contributed by atoms with Gasteiger partial charge in [-0.1, -0.05) is 32.6 Å². The van der Waals surface area contributed by atoms with Crippen LogP contribution < -0.4 is 11.5 Å². The van der Waals surface area contributed by atoms with E-state index in [1.807, 2.05) is 0 Å². The number of rotatable bonds is 5. The van der Waals surface area contributed by atoms with Crippen LogP contribution in [-0.2, 0) is 0 Å². The maximum Gasteiger partial charge on any atom is 0.0274 e. The van der Waals surface area contributed by atoms with Crippen LogP contribution >= 0.6 is 0 Å². The fourth-order valence-electron chi connectivity index (χ4n) is 0.959. The summed E-state index contributed by atoms with van der Waals surface area (Å²) >= 11 is 0. The van der Waals surface area contributed by atoms with Crippen LogP contribution in [0.3, 0.4) is 0 Å². The molecule has 0 aliphatic carbocycles. The number of hydrogen-bond donors (Lipinski definition) is 2. The van der Waals surface area contributed by atoms with Gasteiger partial charge in [-0.2, -0.15) is 0 Å². The van der Waals surface area contributed by atoms with E-state index in [4.69, 9.17) is 11.5 Å². The molecule has 0 radical (unpaired) electrons. The highest BCUT2D eigenvalue weighted by Gasteiger charge is 2.10. The Morgan fingerprint density at radius 1 is 1.25 bits per heavy atom. The lowest BCUT2D eigenvalue weighted by molar-refractivity contribution is 0.535. The SMILES string of the molecule is C=C(N)CCC(=C)C(N)C(C)C. The summed E-state index contributed by atoms with van der Waals surface area (Å²) in [4.78, 5) is 0. The van der Waals surface area contributed by atoms with Crippen molar-refractivity contribution in [3.63, 3.8) is 0 Å². The molecule has 2 nitrogen and oxygen atoms in total. The van der Waals surface area contributed by atoms with Crippen LogP contribution in [0.1, 0.15) is 26.7 Å². The highest BCUT2D eigenvalue weighted by Crippen LogP contribution is 2.14. The fraction of sp³-hybridized carbons (Fsp3) is 0.600. The Hall–Kier alpha value is -0.760. The first-order valence-electron chi connectivity index (χ1n) is 4.31. The van der Waals surface area contributed by atoms with Gasteiger partial charge in [0.1, 0.15) is 0 Å². The lowest BCUT2D eigenvalue weighted by Crippen LogP contribution is -2.28. The molecule has 0 spiro atoms. The molecule has 0 saturated heterocycles. The Bertz CT molecular complexity index is 171. The Balaban J connectivity index is 3.80. The molecule has 0 fully saturated rings. The van der Waals surface area contributed by atoms with Gasteiger partial charge in [0.25, 0.3) is 0 Å². The molecule has 1 unspecified atom stereocenters. The van der Waals surface area contributed by atoms with Crippen molar-refractivity contribution in [2.45, 2.75) is 32.7 Å². The van der Waals surface area contributed by atoms with Crippen LogP contribution in [0.15, 0.2) is 24.4 Å². The Kier molecular flexibility index (Phi) is 4.67. The third-order valence-corrected chi connectivity index (χ3v) is 1.96. The summed E-state index contributed by atoms with van der Waals surface area (Å²) in [5.74, 6) is 0.448. The first-order valence-corrected chi connectivity index (χ1v) is 4.31. The van der Waals surface area contributed by atoms with Crippen molar-refractivity contribution in [1.29, 1.82) is 0 Å². The minimum Gasteiger partial charge on any atom is -0.403 e. The Morgan fingerprint density at radius 3 is 2.08 bits per heavy atom. The van der Waals surface area contributed by atoms with Gasteiger partial charge in [0.15, 0.2) is 0 Å². The van der Waals surface area contributed by atoms with Crippen LogP contribution in [-0.4, -0.2) is 6.04 Å². The second kappa shape index (κ2) is 4.99. The van der Waals surface area contributed by atoms with E-state index in [0.717, 1.165) is 18.4 Å². The van der Waals surface area contributed by atoms with E-state index in [9.17, 15) is 0 Å². The van der Waals surface area contributed by atoms with E-state index in [1.54, 1.807) is 0 Å². The first kappa shape index (κ1) is 11.2. The molecule has 0 aromatic heterocycles. The molecule has 0 aromatic rings. The molecule has 4 N–H and O–H groups in total. The average Bonchev–Trinajstić information content (AvgIpc) is 1.98. The summed E-state index contributed by atoms with van der Waals surface area (Å²) in [6.07, 6.45) is 1.65. The van der Waals surface area contributed by atoms with Gasteiger partial charge in [-0.3, -0.25) is 0 Å². The van der Waals surface area contributed by atoms with Gasteiger partial charge < -0.3 is 11.5 Å². The molecule has 12 heavy (non-hydrogen) atoms. The van der Waals surface area contributed by atoms with Crippen molar-refractivity contribution in [2.75, 3.05) is 0 Å². The van der Waals surface area contributed by atoms with Crippen molar-refractivity contribution in [1.82, 2.24) is 0 Å². The van der Waals surface area contributed by atoms with Crippen LogP contribution in [0.4, 0.5) is 0 Å². The molecule has 0 rings (SSSR count). The van der Waals surface area contributed by atoms with Crippen molar-refractivity contribution < 1.29 is 0 Å². The maximum absolute atomic E-state index is 5.88. The average molecular weight is 168 g/mol. The second-order valence-corrected chi connectivity index (χ2v) is 3.59. The van der Waals surface area contributed by atoms with E-state index in [2.05, 4.69) is 27.0 Å². The standard InChI is InChI=1S/C10H20N2/c1-7(2)10(12)8(3)5-6-9(4)11/h7,10H,3-6,11-12H2,1-2H3. The van der Waals surface area contributed by atoms with Crippen molar-refractivity contribution in [3.05, 3.63) is 24.4 Å². The van der Waals surface area contributed by atoms with Crippen molar-refractivity contribution in [2.24, 2.45) is 17.4 Å². The molecule has 0 heterocycles. The molecule has 0 saturated carbocycles. The Morgan fingerprint density at radius 2 is 1.75 bits per heavy atom. The van der Waals surface area contributed by atoms with E-state index in [-0.39, 0.29) is 6.04 Å². The van der Waals surface area contributed by atoms with Gasteiger partial charge in [0.2, 0.25) is 0 Å². The molecular formula is C10H20N2. The zero-order valence-electron chi connectivity index (χ0n) is 8.14. The normalized spacial score (nSPS) is 13.0. The number of allylic oxidation sites excluding steroid dienone is 1. The maximum atomic E-state index is 5.88. The molecule has 2 heteroatoms. The van der Waals surface area contributed by atoms with E-state index >= 15 is 0 Å². The van der Waals surface area contributed by atoms with Crippen LogP contribution in [0.25, 0.3) is 0 Å². The van der Waals surface area contributed by atoms with Crippen LogP contribution in [0.5, 0.6) is 0 Å². The minimum absolute atomic E-state index is 0.0874. The highest BCUT2D eigenvalue weighted by molar-refractivity contribution is 5.07. The molecule has 0 amide bonds. The predicted molar refractivity (Wildman–Crippen MR) is 54.5 cm³/mol. The zero-order valence-corrected chi connectivity index (χ0v) is 8.14. The predicted octanol–water partition coefficient (Wildman–Crippen LogP) is 1.78. The van der Waals surface area contributed by atoms with Gasteiger partial charge in [-0.05, 0) is 18.8 Å². The molecular weight excluding hydrogens is 148 g/mol. The van der Waals surface area contributed by atoms with Gasteiger partial charge in [-0.15, -0.1) is 0 Å². The lowest BCUT2D eigenvalue weighted by atomic mass is 9.94. The van der Waals surface area contributed by atoms with Gasteiger partial charge in [0, 0.05) is 11.7 Å². The summed E-state index contributed by atoms with van der Waals surface area (Å²) in [5.41, 5.74) is 13.1. The van der Waals surface area contributed by atoms with Crippen LogP contribution in [0.2, 0.25) is 0 Å². The van der Waals surface area contributed by atoms with Gasteiger partial charge in [0.05, 0.1) is 0 Å². The summed E-state index contributed by atoms with van der Waals surface area (Å²) < 4.78 is 0. The summed E-state index contributed by atoms with van der Waals surface area (Å²) in [6, 6.07) is 0.0874. The number of nitrogens with two attached hydrogens (primary N) is 2. The summed E-state index contributed by atoms with van der Waals surface area (Å²) in [7, 11) is 0. The largest absolute Gasteiger partial charge is 0.403 e. The third-order valence-electron chi connectivity index (χ3n) is 1.96. The monoisotopic (exact) mass is 168 g/mol. The first-order chi connectivity index (χ1) is 5.45. The Labute approximate surface area is 75.3 Å². The topological polar surface area (TPSA) is 52.0 Å². The summed E-state index contributed by atoms with van der Waals surface area (Å²) in [6.45, 7) is 11.7. The molecule has 0 aromatic carbocycles. The smallest absolute Gasteiger partial charge is 0.0274 e. The summed E-state index contributed by atoms with van der Waals surface area (Å²) in [5, 5.41) is 0. The molecule has 1 atom stereocenters. The minimum atomic E-state index is 0.0874. The second-order valence-electron chi connectivity index (χ2n) is 3.59. The fourth-order valence-corrected chi connectivity index (χ4v) is 0.959. The molecule has 0 aliphatic rings. The van der Waals surface area contributed by atoms with Crippen molar-refractivity contribution >= 4 is 0 Å². The number of hydrogen-bond acceptors (Lipinski definition) is 2. The molecule has 0 bridgehead atoms. The molecule has 0 aliphatic heterocycles. The molecule has 70 valence electrons. The third kappa shape index (κ3) is 4.19. The zero-order chi connectivity index (χ0) is 9.72. The van der Waals surface area contributed by atoms with E-state index in [0.29, 0.717) is 11.6 Å². The highest BCUT2D eigenvalue weighted by atomic mass is 14.6. The van der Waals surface area contributed by atoms with Crippen LogP contribution in [0, 0.1) is 5.92 Å². The van der Waals surface area contributed by atoms with Gasteiger partial charge in [-0.25, -0.2) is 0 Å². The van der Waals surface area contributed by atoms with E-state index in [1.165, 1.54) is 0 Å². The van der Waals surface area contributed by atoms with Crippen molar-refractivity contribution in [3.8, 4) is 0 Å².